The molecular formula is C30H46N2O4. The number of likely N-dealkylation sites (N-methyl/N-ethyl adjacent to an activating group) is 1. The Kier molecular flexibility index (Phi) is 10.8. The summed E-state index contributed by atoms with van der Waals surface area (Å²) in [5, 5.41) is 3.00. The van der Waals surface area contributed by atoms with Crippen molar-refractivity contribution in [2.45, 2.75) is 97.8 Å². The number of amides is 1. The summed E-state index contributed by atoms with van der Waals surface area (Å²) < 4.78 is 11.4. The van der Waals surface area contributed by atoms with Gasteiger partial charge in [-0.05, 0) is 105 Å². The quantitative estimate of drug-likeness (QED) is 0.283. The van der Waals surface area contributed by atoms with E-state index in [1.54, 1.807) is 13.8 Å². The molecule has 1 aromatic rings. The number of rotatable bonds is 13. The fourth-order valence-electron chi connectivity index (χ4n) is 4.30. The maximum Gasteiger partial charge on any atom is 0.350 e. The molecule has 0 fully saturated rings. The third-order valence-electron chi connectivity index (χ3n) is 6.43. The lowest BCUT2D eigenvalue weighted by Gasteiger charge is -2.29. The van der Waals surface area contributed by atoms with Crippen molar-refractivity contribution in [3.63, 3.8) is 0 Å². The number of carbonyl (C=O) groups is 2. The highest BCUT2D eigenvalue weighted by Crippen LogP contribution is 2.24. The minimum atomic E-state index is -1.07. The van der Waals surface area contributed by atoms with Gasteiger partial charge in [0.2, 0.25) is 6.41 Å². The van der Waals surface area contributed by atoms with Crippen LogP contribution in [0.3, 0.4) is 0 Å². The molecule has 1 aromatic carbocycles. The van der Waals surface area contributed by atoms with Crippen molar-refractivity contribution in [1.82, 2.24) is 10.2 Å². The molecule has 1 N–H and O–H groups in total. The van der Waals surface area contributed by atoms with E-state index in [9.17, 15) is 9.59 Å². The first-order valence-electron chi connectivity index (χ1n) is 13.0. The van der Waals surface area contributed by atoms with Crippen LogP contribution in [0.4, 0.5) is 0 Å². The average Bonchev–Trinajstić information content (AvgIpc) is 2.76. The molecule has 0 aromatic heterocycles. The highest BCUT2D eigenvalue weighted by atomic mass is 16.6. The van der Waals surface area contributed by atoms with E-state index in [-0.39, 0.29) is 12.0 Å². The Morgan fingerprint density at radius 1 is 1.11 bits per heavy atom. The van der Waals surface area contributed by atoms with Gasteiger partial charge in [0.05, 0.1) is 0 Å². The van der Waals surface area contributed by atoms with Gasteiger partial charge in [-0.15, -0.1) is 0 Å². The zero-order valence-corrected chi connectivity index (χ0v) is 23.6. The molecule has 1 unspecified atom stereocenters. The number of allylic oxidation sites excluding steroid dienone is 3. The lowest BCUT2D eigenvalue weighted by atomic mass is 9.94. The van der Waals surface area contributed by atoms with Crippen LogP contribution in [0, 0.1) is 0 Å². The highest BCUT2D eigenvalue weighted by molar-refractivity contribution is 5.79. The Morgan fingerprint density at radius 3 is 2.36 bits per heavy atom. The molecule has 1 atom stereocenters. The smallest absolute Gasteiger partial charge is 0.350 e. The second kappa shape index (κ2) is 13.1. The fourth-order valence-corrected chi connectivity index (χ4v) is 4.30. The van der Waals surface area contributed by atoms with Crippen LogP contribution >= 0.6 is 0 Å². The largest absolute Gasteiger partial charge is 0.476 e. The lowest BCUT2D eigenvalue weighted by molar-refractivity contribution is -0.170. The van der Waals surface area contributed by atoms with Gasteiger partial charge in [0, 0.05) is 19.1 Å². The predicted molar refractivity (Wildman–Crippen MR) is 146 cm³/mol. The van der Waals surface area contributed by atoms with Gasteiger partial charge in [0.15, 0.2) is 5.60 Å². The molecule has 1 aliphatic carbocycles. The first-order valence-corrected chi connectivity index (χ1v) is 13.0. The van der Waals surface area contributed by atoms with E-state index >= 15 is 0 Å². The van der Waals surface area contributed by atoms with E-state index in [1.807, 2.05) is 45.0 Å². The van der Waals surface area contributed by atoms with Crippen molar-refractivity contribution >= 4 is 12.4 Å². The maximum atomic E-state index is 12.4. The molecule has 0 saturated heterocycles. The number of aryl methyl sites for hydroxylation is 1. The molecule has 1 aliphatic rings. The normalized spacial score (nSPS) is 15.4. The summed E-state index contributed by atoms with van der Waals surface area (Å²) in [5.41, 5.74) is 3.89. The second-order valence-electron chi connectivity index (χ2n) is 11.6. The number of nitrogens with zero attached hydrogens (tertiary/aromatic N) is 1. The molecule has 36 heavy (non-hydrogen) atoms. The fraction of sp³-hybridized carbons (Fsp3) is 0.600. The zero-order chi connectivity index (χ0) is 26.9. The van der Waals surface area contributed by atoms with Crippen LogP contribution < -0.4 is 10.1 Å². The van der Waals surface area contributed by atoms with Crippen molar-refractivity contribution in [3.05, 3.63) is 52.6 Å². The van der Waals surface area contributed by atoms with Crippen LogP contribution in [0.5, 0.6) is 5.75 Å². The van der Waals surface area contributed by atoms with Crippen LogP contribution in [0.2, 0.25) is 0 Å². The first kappa shape index (κ1) is 29.6. The highest BCUT2D eigenvalue weighted by Gasteiger charge is 2.34. The number of esters is 1. The maximum absolute atomic E-state index is 12.4. The minimum absolute atomic E-state index is 0.118. The Morgan fingerprint density at radius 2 is 1.78 bits per heavy atom. The van der Waals surface area contributed by atoms with Gasteiger partial charge in [-0.25, -0.2) is 4.79 Å². The monoisotopic (exact) mass is 498 g/mol. The van der Waals surface area contributed by atoms with Gasteiger partial charge in [-0.3, -0.25) is 4.79 Å². The Bertz CT molecular complexity index is 939. The van der Waals surface area contributed by atoms with Crippen LogP contribution in [-0.4, -0.2) is 54.7 Å². The van der Waals surface area contributed by atoms with Gasteiger partial charge in [-0.2, -0.15) is 0 Å². The molecule has 6 nitrogen and oxygen atoms in total. The SMILES string of the molecule is CC1=C(C)CCC(CN(C)CC(CCCc2ccc(OC(C)(C)C(=O)OC(C)(C)C)cc2)NC=O)=C1. The molecule has 6 heteroatoms. The summed E-state index contributed by atoms with van der Waals surface area (Å²) >= 11 is 0. The van der Waals surface area contributed by atoms with Crippen molar-refractivity contribution in [2.75, 3.05) is 20.1 Å². The summed E-state index contributed by atoms with van der Waals surface area (Å²) in [4.78, 5) is 25.9. The summed E-state index contributed by atoms with van der Waals surface area (Å²) in [6.07, 6.45) is 8.17. The number of benzene rings is 1. The number of hydrogen-bond acceptors (Lipinski definition) is 5. The molecule has 0 saturated carbocycles. The molecule has 0 heterocycles. The van der Waals surface area contributed by atoms with Gasteiger partial charge < -0.3 is 19.7 Å². The van der Waals surface area contributed by atoms with Crippen LogP contribution in [0.25, 0.3) is 0 Å². The Labute approximate surface area is 218 Å². The third kappa shape index (κ3) is 10.2. The van der Waals surface area contributed by atoms with Gasteiger partial charge in [0.25, 0.3) is 0 Å². The van der Waals surface area contributed by atoms with Crippen molar-refractivity contribution in [3.8, 4) is 5.75 Å². The molecular weight excluding hydrogens is 452 g/mol. The predicted octanol–water partition coefficient (Wildman–Crippen LogP) is 5.61. The number of carbonyl (C=O) groups excluding carboxylic acids is 2. The molecule has 0 spiro atoms. The van der Waals surface area contributed by atoms with E-state index in [0.717, 1.165) is 51.6 Å². The Hall–Kier alpha value is -2.60. The third-order valence-corrected chi connectivity index (χ3v) is 6.43. The molecule has 0 bridgehead atoms. The molecule has 1 amide bonds. The van der Waals surface area contributed by atoms with Crippen LogP contribution in [0.1, 0.15) is 79.7 Å². The molecule has 200 valence electrons. The average molecular weight is 499 g/mol. The summed E-state index contributed by atoms with van der Waals surface area (Å²) in [6, 6.07) is 7.97. The topological polar surface area (TPSA) is 67.9 Å². The summed E-state index contributed by atoms with van der Waals surface area (Å²) in [7, 11) is 2.12. The number of hydrogen-bond donors (Lipinski definition) is 1. The van der Waals surface area contributed by atoms with E-state index in [4.69, 9.17) is 9.47 Å². The standard InChI is InChI=1S/C30H46N2O4/c1-22-12-13-25(18-23(22)2)19-32(8)20-26(31-21-33)11-9-10-24-14-16-27(17-15-24)35-30(6,7)28(34)36-29(3,4)5/h14-18,21,26H,9-13,19-20H2,1-8H3,(H,31,33). The first-order chi connectivity index (χ1) is 16.8. The second-order valence-corrected chi connectivity index (χ2v) is 11.6. The molecule has 2 rings (SSSR count). The van der Waals surface area contributed by atoms with Gasteiger partial charge in [0.1, 0.15) is 11.4 Å². The lowest BCUT2D eigenvalue weighted by Crippen LogP contribution is -2.43. The number of ether oxygens (including phenoxy) is 2. The van der Waals surface area contributed by atoms with E-state index in [1.165, 1.54) is 22.3 Å². The Balaban J connectivity index is 1.83. The van der Waals surface area contributed by atoms with E-state index in [0.29, 0.717) is 5.75 Å². The van der Waals surface area contributed by atoms with E-state index in [2.05, 4.69) is 37.2 Å². The van der Waals surface area contributed by atoms with Crippen LogP contribution in [-0.2, 0) is 20.7 Å². The molecule has 0 aliphatic heterocycles. The van der Waals surface area contributed by atoms with Crippen molar-refractivity contribution in [1.29, 1.82) is 0 Å². The van der Waals surface area contributed by atoms with Gasteiger partial charge in [-0.1, -0.05) is 34.9 Å². The van der Waals surface area contributed by atoms with Gasteiger partial charge >= 0.3 is 5.97 Å². The zero-order valence-electron chi connectivity index (χ0n) is 23.6. The summed E-state index contributed by atoms with van der Waals surface area (Å²) in [5.74, 6) is 0.244. The minimum Gasteiger partial charge on any atom is -0.476 e. The molecule has 0 radical (unpaired) electrons. The van der Waals surface area contributed by atoms with Crippen LogP contribution in [0.15, 0.2) is 47.1 Å². The summed E-state index contributed by atoms with van der Waals surface area (Å²) in [6.45, 7) is 15.1. The van der Waals surface area contributed by atoms with E-state index < -0.39 is 11.2 Å². The number of nitrogens with one attached hydrogen (secondary N) is 1. The van der Waals surface area contributed by atoms with Crippen molar-refractivity contribution in [2.24, 2.45) is 0 Å². The van der Waals surface area contributed by atoms with Crippen molar-refractivity contribution < 1.29 is 19.1 Å².